The summed E-state index contributed by atoms with van der Waals surface area (Å²) in [7, 11) is 1.63. The molecular weight excluding hydrogens is 224 g/mol. The van der Waals surface area contributed by atoms with Gasteiger partial charge in [-0.3, -0.25) is 4.79 Å². The molecule has 0 radical (unpaired) electrons. The average molecular weight is 246 g/mol. The molecule has 1 aliphatic heterocycles. The summed E-state index contributed by atoms with van der Waals surface area (Å²) in [6.45, 7) is 5.27. The molecular formula is C11H22N2O2S. The largest absolute Gasteiger partial charge is 0.383 e. The molecule has 1 rings (SSSR count). The zero-order chi connectivity index (χ0) is 12.0. The maximum absolute atomic E-state index is 11.7. The molecule has 0 aromatic carbocycles. The summed E-state index contributed by atoms with van der Waals surface area (Å²) in [6, 6.07) is 0.344. The van der Waals surface area contributed by atoms with Crippen molar-refractivity contribution in [1.82, 2.24) is 10.6 Å². The molecule has 0 saturated carbocycles. The minimum atomic E-state index is -0.122. The fourth-order valence-electron chi connectivity index (χ4n) is 1.78. The number of thioether (sulfide) groups is 1. The number of hydrogen-bond acceptors (Lipinski definition) is 4. The van der Waals surface area contributed by atoms with Crippen LogP contribution in [0.15, 0.2) is 0 Å². The van der Waals surface area contributed by atoms with Crippen molar-refractivity contribution in [2.75, 3.05) is 26.0 Å². The lowest BCUT2D eigenvalue weighted by Crippen LogP contribution is -2.48. The van der Waals surface area contributed by atoms with Gasteiger partial charge in [0.25, 0.3) is 0 Å². The fourth-order valence-corrected chi connectivity index (χ4v) is 2.99. The molecule has 16 heavy (non-hydrogen) atoms. The molecule has 3 unspecified atom stereocenters. The van der Waals surface area contributed by atoms with E-state index in [1.807, 2.05) is 18.7 Å². The molecule has 1 heterocycles. The molecule has 1 amide bonds. The average Bonchev–Trinajstić information content (AvgIpc) is 2.64. The van der Waals surface area contributed by atoms with Gasteiger partial charge in [0.1, 0.15) is 0 Å². The lowest BCUT2D eigenvalue weighted by atomic mass is 10.1. The summed E-state index contributed by atoms with van der Waals surface area (Å²) in [4.78, 5) is 11.7. The van der Waals surface area contributed by atoms with E-state index in [0.29, 0.717) is 24.4 Å². The second kappa shape index (κ2) is 7.14. The highest BCUT2D eigenvalue weighted by atomic mass is 32.2. The van der Waals surface area contributed by atoms with E-state index < -0.39 is 0 Å². The molecule has 1 aliphatic rings. The minimum absolute atomic E-state index is 0.0566. The highest BCUT2D eigenvalue weighted by Crippen LogP contribution is 2.26. The molecule has 0 spiro atoms. The first-order chi connectivity index (χ1) is 7.65. The number of nitrogens with one attached hydrogen (secondary N) is 2. The number of carbonyl (C=O) groups excluding carboxylic acids is 1. The van der Waals surface area contributed by atoms with Crippen molar-refractivity contribution in [3.8, 4) is 0 Å². The molecule has 0 aromatic rings. The van der Waals surface area contributed by atoms with Crippen LogP contribution in [-0.2, 0) is 9.53 Å². The summed E-state index contributed by atoms with van der Waals surface area (Å²) in [5, 5.41) is 6.83. The highest BCUT2D eigenvalue weighted by molar-refractivity contribution is 8.00. The topological polar surface area (TPSA) is 50.4 Å². The Morgan fingerprint density at radius 3 is 2.94 bits per heavy atom. The molecule has 0 bridgehead atoms. The van der Waals surface area contributed by atoms with Gasteiger partial charge in [0, 0.05) is 24.9 Å². The van der Waals surface area contributed by atoms with Gasteiger partial charge in [-0.05, 0) is 19.1 Å². The van der Waals surface area contributed by atoms with E-state index in [-0.39, 0.29) is 11.9 Å². The molecule has 1 saturated heterocycles. The van der Waals surface area contributed by atoms with Crippen LogP contribution in [-0.4, -0.2) is 49.3 Å². The van der Waals surface area contributed by atoms with E-state index in [9.17, 15) is 4.79 Å². The van der Waals surface area contributed by atoms with Crippen molar-refractivity contribution in [3.05, 3.63) is 0 Å². The Bertz CT molecular complexity index is 226. The van der Waals surface area contributed by atoms with Crippen molar-refractivity contribution in [2.45, 2.75) is 37.6 Å². The third-order valence-electron chi connectivity index (χ3n) is 2.84. The minimum Gasteiger partial charge on any atom is -0.383 e. The smallest absolute Gasteiger partial charge is 0.236 e. The van der Waals surface area contributed by atoms with Crippen molar-refractivity contribution in [3.63, 3.8) is 0 Å². The number of ether oxygens (including phenoxy) is 1. The normalized spacial score (nSPS) is 26.7. The fraction of sp³-hybridized carbons (Fsp3) is 0.909. The summed E-state index contributed by atoms with van der Waals surface area (Å²) in [5.74, 6) is 1.25. The maximum atomic E-state index is 11.7. The van der Waals surface area contributed by atoms with E-state index in [4.69, 9.17) is 4.74 Å². The standard InChI is InChI=1S/C11H22N2O2S/c1-8(11(14)12-5-6-15-3)13-10-4-7-16-9(10)2/h8-10,13H,4-7H2,1-3H3,(H,12,14). The molecule has 4 nitrogen and oxygen atoms in total. The number of amides is 1. The van der Waals surface area contributed by atoms with Gasteiger partial charge in [0.15, 0.2) is 0 Å². The Kier molecular flexibility index (Phi) is 6.16. The van der Waals surface area contributed by atoms with Crippen LogP contribution < -0.4 is 10.6 Å². The van der Waals surface area contributed by atoms with Crippen molar-refractivity contribution >= 4 is 17.7 Å². The van der Waals surface area contributed by atoms with Gasteiger partial charge < -0.3 is 15.4 Å². The van der Waals surface area contributed by atoms with Crippen LogP contribution >= 0.6 is 11.8 Å². The Morgan fingerprint density at radius 1 is 1.62 bits per heavy atom. The molecule has 2 N–H and O–H groups in total. The van der Waals surface area contributed by atoms with Crippen LogP contribution in [0.5, 0.6) is 0 Å². The van der Waals surface area contributed by atoms with E-state index in [2.05, 4.69) is 17.6 Å². The van der Waals surface area contributed by atoms with Crippen LogP contribution in [0.2, 0.25) is 0 Å². The van der Waals surface area contributed by atoms with Crippen LogP contribution in [0.4, 0.5) is 0 Å². The Labute approximate surface area is 102 Å². The van der Waals surface area contributed by atoms with E-state index >= 15 is 0 Å². The monoisotopic (exact) mass is 246 g/mol. The Morgan fingerprint density at radius 2 is 2.38 bits per heavy atom. The summed E-state index contributed by atoms with van der Waals surface area (Å²) < 4.78 is 4.88. The second-order valence-electron chi connectivity index (χ2n) is 4.14. The van der Waals surface area contributed by atoms with Crippen molar-refractivity contribution < 1.29 is 9.53 Å². The van der Waals surface area contributed by atoms with Crippen LogP contribution in [0.1, 0.15) is 20.3 Å². The van der Waals surface area contributed by atoms with E-state index in [1.165, 1.54) is 5.75 Å². The zero-order valence-electron chi connectivity index (χ0n) is 10.3. The van der Waals surface area contributed by atoms with Gasteiger partial charge in [-0.2, -0.15) is 11.8 Å². The summed E-state index contributed by atoms with van der Waals surface area (Å²) in [5.41, 5.74) is 0. The molecule has 0 aliphatic carbocycles. The highest BCUT2D eigenvalue weighted by Gasteiger charge is 2.26. The second-order valence-corrected chi connectivity index (χ2v) is 5.63. The van der Waals surface area contributed by atoms with E-state index in [0.717, 1.165) is 6.42 Å². The van der Waals surface area contributed by atoms with E-state index in [1.54, 1.807) is 7.11 Å². The van der Waals surface area contributed by atoms with Crippen molar-refractivity contribution in [1.29, 1.82) is 0 Å². The van der Waals surface area contributed by atoms with Gasteiger partial charge in [-0.15, -0.1) is 0 Å². The number of carbonyl (C=O) groups is 1. The van der Waals surface area contributed by atoms with Gasteiger partial charge in [0.05, 0.1) is 12.6 Å². The first kappa shape index (κ1) is 13.8. The summed E-state index contributed by atoms with van der Waals surface area (Å²) in [6.07, 6.45) is 1.15. The lowest BCUT2D eigenvalue weighted by Gasteiger charge is -2.21. The van der Waals surface area contributed by atoms with Crippen molar-refractivity contribution in [2.24, 2.45) is 0 Å². The van der Waals surface area contributed by atoms with Crippen LogP contribution in [0.25, 0.3) is 0 Å². The predicted molar refractivity (Wildman–Crippen MR) is 67.8 cm³/mol. The number of methoxy groups -OCH3 is 1. The molecule has 94 valence electrons. The maximum Gasteiger partial charge on any atom is 0.236 e. The number of rotatable bonds is 6. The SMILES string of the molecule is COCCNC(=O)C(C)NC1CCSC1C. The van der Waals surface area contributed by atoms with Gasteiger partial charge in [-0.1, -0.05) is 6.92 Å². The lowest BCUT2D eigenvalue weighted by molar-refractivity contribution is -0.123. The van der Waals surface area contributed by atoms with Gasteiger partial charge in [0.2, 0.25) is 5.91 Å². The zero-order valence-corrected chi connectivity index (χ0v) is 11.1. The third-order valence-corrected chi connectivity index (χ3v) is 4.16. The van der Waals surface area contributed by atoms with Gasteiger partial charge >= 0.3 is 0 Å². The predicted octanol–water partition coefficient (Wildman–Crippen LogP) is 0.621. The molecule has 3 atom stereocenters. The van der Waals surface area contributed by atoms with Crippen LogP contribution in [0, 0.1) is 0 Å². The third kappa shape index (κ3) is 4.31. The van der Waals surface area contributed by atoms with Crippen LogP contribution in [0.3, 0.4) is 0 Å². The molecule has 1 fully saturated rings. The summed E-state index contributed by atoms with van der Waals surface area (Å²) >= 11 is 1.97. The van der Waals surface area contributed by atoms with Gasteiger partial charge in [-0.25, -0.2) is 0 Å². The number of hydrogen-bond donors (Lipinski definition) is 2. The Hall–Kier alpha value is -0.260. The first-order valence-corrected chi connectivity index (χ1v) is 6.84. The first-order valence-electron chi connectivity index (χ1n) is 5.79. The molecule has 0 aromatic heterocycles. The Balaban J connectivity index is 2.22. The molecule has 5 heteroatoms. The quantitative estimate of drug-likeness (QED) is 0.675.